The Morgan fingerprint density at radius 2 is 1.32 bits per heavy atom. The van der Waals surface area contributed by atoms with Gasteiger partial charge in [0.2, 0.25) is 0 Å². The molecular weight excluding hydrogens is 578 g/mol. The summed E-state index contributed by atoms with van der Waals surface area (Å²) < 4.78 is 93.4. The second-order valence-corrected chi connectivity index (χ2v) is 10.3. The lowest BCUT2D eigenvalue weighted by atomic mass is 9.99. The number of hydrogen-bond donors (Lipinski definition) is 1. The number of nitrogens with one attached hydrogen (secondary N) is 1. The van der Waals surface area contributed by atoms with Gasteiger partial charge in [-0.2, -0.15) is 0 Å². The van der Waals surface area contributed by atoms with E-state index in [2.05, 4.69) is 9.98 Å². The Bertz CT molecular complexity index is 2840. The van der Waals surface area contributed by atoms with Crippen molar-refractivity contribution in [3.63, 3.8) is 0 Å². The van der Waals surface area contributed by atoms with Crippen LogP contribution < -0.4 is 5.69 Å². The molecule has 0 unspecified atom stereocenters. The lowest BCUT2D eigenvalue weighted by molar-refractivity contribution is 0.846. The standard InChI is InChI=1S/C41H31N5O/c1-45-38-27-35(25-26-37(38)46(41(45)47)36-15-9-4-10-16-36)32-19-17-30(18-20-32)31-21-23-34(24-22-31)40(43-28-29-11-5-2-6-12-29)44-39(42)33-13-7-3-8-14-33/h2-28,42H,1H3/i1D3,4D,9D,10D,15D,16D,25D,26D,27D. The summed E-state index contributed by atoms with van der Waals surface area (Å²) in [5.41, 5.74) is 0.609. The van der Waals surface area contributed by atoms with Crippen molar-refractivity contribution >= 4 is 28.9 Å². The van der Waals surface area contributed by atoms with E-state index in [-0.39, 0.29) is 21.5 Å². The molecule has 0 radical (unpaired) electrons. The quantitative estimate of drug-likeness (QED) is 0.147. The smallest absolute Gasteiger partial charge is 0.295 e. The van der Waals surface area contributed by atoms with E-state index in [1.165, 1.54) is 0 Å². The normalized spacial score (nSPS) is 15.3. The molecule has 0 aliphatic rings. The van der Waals surface area contributed by atoms with Gasteiger partial charge in [-0.15, -0.1) is 0 Å². The first-order valence-electron chi connectivity index (χ1n) is 20.0. The van der Waals surface area contributed by atoms with E-state index in [1.54, 1.807) is 42.6 Å². The van der Waals surface area contributed by atoms with Crippen molar-refractivity contribution in [1.29, 1.82) is 5.41 Å². The average molecular weight is 621 g/mol. The molecule has 7 rings (SSSR count). The zero-order valence-electron chi connectivity index (χ0n) is 35.7. The molecule has 6 aromatic carbocycles. The van der Waals surface area contributed by atoms with Gasteiger partial charge in [0, 0.05) is 28.4 Å². The van der Waals surface area contributed by atoms with Gasteiger partial charge in [-0.25, -0.2) is 14.8 Å². The molecule has 7 aromatic rings. The molecule has 0 saturated carbocycles. The summed E-state index contributed by atoms with van der Waals surface area (Å²) in [6.45, 7) is -3.22. The van der Waals surface area contributed by atoms with Crippen LogP contribution in [-0.2, 0) is 6.98 Å². The van der Waals surface area contributed by atoms with Crippen LogP contribution in [0.25, 0.3) is 39.0 Å². The number of imidazole rings is 1. The predicted molar refractivity (Wildman–Crippen MR) is 193 cm³/mol. The summed E-state index contributed by atoms with van der Waals surface area (Å²) in [7, 11) is 0. The number of aromatic nitrogens is 2. The van der Waals surface area contributed by atoms with Crippen molar-refractivity contribution in [2.45, 2.75) is 0 Å². The molecule has 0 fully saturated rings. The van der Waals surface area contributed by atoms with Crippen LogP contribution in [0.5, 0.6) is 0 Å². The van der Waals surface area contributed by atoms with Crippen molar-refractivity contribution in [3.05, 3.63) is 185 Å². The molecule has 1 N–H and O–H groups in total. The SMILES string of the molecule is [2H]c1c([2H])c([2H])c(-n2c(=O)n(C([2H])([2H])[2H])c3c([2H])c(-c4ccc(-c5ccc(C(N=Cc6ccccc6)=NC(=N)c6ccccc6)cc5)cc4)c([2H])c([2H])c32)c([2H])c1[2H]. The Balaban J connectivity index is 1.29. The lowest BCUT2D eigenvalue weighted by Gasteiger charge is -2.08. The average Bonchev–Trinajstić information content (AvgIpc) is 3.54. The van der Waals surface area contributed by atoms with Crippen molar-refractivity contribution in [2.24, 2.45) is 17.0 Å². The van der Waals surface area contributed by atoms with E-state index in [4.69, 9.17) is 20.5 Å². The molecule has 1 heterocycles. The van der Waals surface area contributed by atoms with Crippen LogP contribution in [0.2, 0.25) is 0 Å². The summed E-state index contributed by atoms with van der Waals surface area (Å²) in [6, 6.07) is 26.8. The van der Waals surface area contributed by atoms with Gasteiger partial charge in [0.25, 0.3) is 0 Å². The number of rotatable bonds is 6. The predicted octanol–water partition coefficient (Wildman–Crippen LogP) is 8.55. The molecule has 0 spiro atoms. The minimum absolute atomic E-state index is 0.0403. The number of aryl methyl sites for hydroxylation is 1. The number of para-hydroxylation sites is 1. The minimum Gasteiger partial charge on any atom is -0.295 e. The number of fused-ring (bicyclic) bond motifs is 1. The number of amidine groups is 2. The summed E-state index contributed by atoms with van der Waals surface area (Å²) in [4.78, 5) is 23.0. The third-order valence-electron chi connectivity index (χ3n) is 7.36. The topological polar surface area (TPSA) is 75.5 Å². The highest BCUT2D eigenvalue weighted by atomic mass is 16.1. The molecule has 0 atom stereocenters. The third kappa shape index (κ3) is 6.13. The summed E-state index contributed by atoms with van der Waals surface area (Å²) in [5.74, 6) is 0.363. The van der Waals surface area contributed by atoms with Gasteiger partial charge >= 0.3 is 5.69 Å². The number of benzene rings is 6. The fourth-order valence-electron chi connectivity index (χ4n) is 4.96. The molecule has 0 bridgehead atoms. The molecule has 0 aliphatic carbocycles. The van der Waals surface area contributed by atoms with Gasteiger partial charge in [0.15, 0.2) is 11.7 Å². The first-order chi connectivity index (χ1) is 27.6. The van der Waals surface area contributed by atoms with Crippen molar-refractivity contribution in [3.8, 4) is 27.9 Å². The Morgan fingerprint density at radius 1 is 0.702 bits per heavy atom. The van der Waals surface area contributed by atoms with Crippen LogP contribution in [0, 0.1) is 5.41 Å². The van der Waals surface area contributed by atoms with E-state index in [0.29, 0.717) is 21.5 Å². The van der Waals surface area contributed by atoms with Gasteiger partial charge in [0.05, 0.1) is 27.7 Å². The highest BCUT2D eigenvalue weighted by molar-refractivity contribution is 6.13. The maximum Gasteiger partial charge on any atom is 0.333 e. The fourth-order valence-corrected chi connectivity index (χ4v) is 4.96. The largest absolute Gasteiger partial charge is 0.333 e. The Kier molecular flexibility index (Phi) is 5.27. The monoisotopic (exact) mass is 620 g/mol. The molecule has 0 amide bonds. The molecule has 0 aliphatic heterocycles. The zero-order valence-corrected chi connectivity index (χ0v) is 24.7. The maximum absolute atomic E-state index is 13.9. The molecule has 1 aromatic heterocycles. The van der Waals surface area contributed by atoms with Crippen molar-refractivity contribution in [2.75, 3.05) is 0 Å². The Hall–Kier alpha value is -6.40. The number of nitrogens with zero attached hydrogens (tertiary/aromatic N) is 4. The fraction of sp³-hybridized carbons (Fsp3) is 0.0244. The minimum atomic E-state index is -3.22. The number of aliphatic imine (C=N–C) groups is 2. The van der Waals surface area contributed by atoms with Crippen LogP contribution in [0.4, 0.5) is 0 Å². The van der Waals surface area contributed by atoms with Gasteiger partial charge in [0.1, 0.15) is 0 Å². The highest BCUT2D eigenvalue weighted by Crippen LogP contribution is 2.28. The summed E-state index contributed by atoms with van der Waals surface area (Å²) >= 11 is 0. The van der Waals surface area contributed by atoms with Crippen LogP contribution in [0.1, 0.15) is 31.8 Å². The number of hydrogen-bond acceptors (Lipinski definition) is 2. The summed E-state index contributed by atoms with van der Waals surface area (Å²) in [5, 5.41) is 8.60. The van der Waals surface area contributed by atoms with E-state index in [9.17, 15) is 4.79 Å². The van der Waals surface area contributed by atoms with E-state index in [0.717, 1.165) is 16.7 Å². The molecule has 6 heteroatoms. The molecule has 47 heavy (non-hydrogen) atoms. The third-order valence-corrected chi connectivity index (χ3v) is 7.36. The summed E-state index contributed by atoms with van der Waals surface area (Å²) in [6.07, 6.45) is 1.67. The van der Waals surface area contributed by atoms with E-state index < -0.39 is 77.7 Å². The lowest BCUT2D eigenvalue weighted by Crippen LogP contribution is -2.20. The van der Waals surface area contributed by atoms with Gasteiger partial charge in [-0.1, -0.05) is 133 Å². The van der Waals surface area contributed by atoms with Gasteiger partial charge in [-0.3, -0.25) is 14.5 Å². The van der Waals surface area contributed by atoms with Crippen LogP contribution in [0.3, 0.4) is 0 Å². The molecule has 0 saturated heterocycles. The van der Waals surface area contributed by atoms with Gasteiger partial charge < -0.3 is 0 Å². The second kappa shape index (κ2) is 12.9. The second-order valence-electron chi connectivity index (χ2n) is 10.3. The van der Waals surface area contributed by atoms with Crippen LogP contribution in [-0.4, -0.2) is 27.0 Å². The van der Waals surface area contributed by atoms with Gasteiger partial charge in [-0.05, 0) is 52.0 Å². The first kappa shape index (κ1) is 19.2. The van der Waals surface area contributed by atoms with E-state index in [1.807, 2.05) is 72.8 Å². The molecule has 6 nitrogen and oxygen atoms in total. The van der Waals surface area contributed by atoms with Crippen molar-refractivity contribution < 1.29 is 15.1 Å². The molecular formula is C41H31N5O. The van der Waals surface area contributed by atoms with E-state index >= 15 is 0 Å². The first-order valence-corrected chi connectivity index (χ1v) is 14.5. The molecule has 226 valence electrons. The van der Waals surface area contributed by atoms with Crippen molar-refractivity contribution in [1.82, 2.24) is 9.13 Å². The maximum atomic E-state index is 13.9. The Morgan fingerprint density at radius 3 is 1.98 bits per heavy atom. The van der Waals surface area contributed by atoms with Crippen LogP contribution >= 0.6 is 0 Å². The Labute approximate surface area is 288 Å². The van der Waals surface area contributed by atoms with Crippen LogP contribution in [0.15, 0.2) is 172 Å². The highest BCUT2D eigenvalue weighted by Gasteiger charge is 2.13. The zero-order chi connectivity index (χ0) is 41.6.